The van der Waals surface area contributed by atoms with Crippen molar-refractivity contribution in [2.24, 2.45) is 5.73 Å². The first kappa shape index (κ1) is 8.78. The van der Waals surface area contributed by atoms with Crippen molar-refractivity contribution in [1.82, 2.24) is 5.32 Å². The fraction of sp³-hybridized carbons (Fsp3) is 0.500. The van der Waals surface area contributed by atoms with Gasteiger partial charge in [0.2, 0.25) is 0 Å². The normalized spacial score (nSPS) is 23.5. The summed E-state index contributed by atoms with van der Waals surface area (Å²) < 4.78 is 0. The van der Waals surface area contributed by atoms with Crippen molar-refractivity contribution in [2.75, 3.05) is 13.1 Å². The van der Waals surface area contributed by atoms with Crippen LogP contribution >= 0.6 is 11.6 Å². The summed E-state index contributed by atoms with van der Waals surface area (Å²) in [7, 11) is 0. The molecule has 1 unspecified atom stereocenters. The van der Waals surface area contributed by atoms with Crippen LogP contribution < -0.4 is 11.1 Å². The van der Waals surface area contributed by atoms with E-state index in [0.29, 0.717) is 12.6 Å². The summed E-state index contributed by atoms with van der Waals surface area (Å²) >= 11 is 5.74. The lowest BCUT2D eigenvalue weighted by atomic mass is 10.1. The number of halogens is 1. The molecule has 2 nitrogen and oxygen atoms in total. The summed E-state index contributed by atoms with van der Waals surface area (Å²) in [5.41, 5.74) is 5.34. The summed E-state index contributed by atoms with van der Waals surface area (Å²) in [5.74, 6) is 0. The van der Waals surface area contributed by atoms with Crippen molar-refractivity contribution in [3.63, 3.8) is 0 Å². The van der Waals surface area contributed by atoms with Gasteiger partial charge in [0, 0.05) is 24.2 Å². The number of hydrogen-bond donors (Lipinski definition) is 2. The zero-order valence-electron chi connectivity index (χ0n) is 6.39. The number of allylic oxidation sites excluding steroid dienone is 2. The van der Waals surface area contributed by atoms with Gasteiger partial charge in [-0.05, 0) is 12.5 Å². The van der Waals surface area contributed by atoms with Gasteiger partial charge < -0.3 is 11.1 Å². The van der Waals surface area contributed by atoms with E-state index in [0.717, 1.165) is 18.0 Å². The third kappa shape index (κ3) is 3.06. The van der Waals surface area contributed by atoms with E-state index in [2.05, 4.69) is 11.4 Å². The molecule has 0 radical (unpaired) electrons. The molecule has 3 heteroatoms. The van der Waals surface area contributed by atoms with Crippen LogP contribution in [0.2, 0.25) is 0 Å². The molecule has 0 aromatic carbocycles. The average molecular weight is 173 g/mol. The molecule has 0 amide bonds. The maximum absolute atomic E-state index is 5.74. The smallest absolute Gasteiger partial charge is 0.0364 e. The zero-order valence-corrected chi connectivity index (χ0v) is 7.14. The second kappa shape index (κ2) is 4.54. The minimum absolute atomic E-state index is 0.418. The third-order valence-electron chi connectivity index (χ3n) is 1.61. The van der Waals surface area contributed by atoms with E-state index in [1.807, 2.05) is 12.2 Å². The first-order valence-corrected chi connectivity index (χ1v) is 4.18. The highest BCUT2D eigenvalue weighted by molar-refractivity contribution is 6.31. The Kier molecular flexibility index (Phi) is 3.63. The molecule has 0 heterocycles. The molecule has 0 aromatic heterocycles. The van der Waals surface area contributed by atoms with Crippen LogP contribution in [0.1, 0.15) is 6.42 Å². The highest BCUT2D eigenvalue weighted by Gasteiger charge is 2.04. The number of hydrogen-bond acceptors (Lipinski definition) is 2. The molecule has 0 bridgehead atoms. The standard InChI is InChI=1S/C8H13ClN2/c9-7-1-3-8(4-2-7)11-6-5-10/h1-3,8,11H,4-6,10H2. The summed E-state index contributed by atoms with van der Waals surface area (Å²) in [4.78, 5) is 0. The van der Waals surface area contributed by atoms with E-state index in [-0.39, 0.29) is 0 Å². The number of rotatable bonds is 3. The van der Waals surface area contributed by atoms with Crippen LogP contribution in [-0.2, 0) is 0 Å². The van der Waals surface area contributed by atoms with Gasteiger partial charge >= 0.3 is 0 Å². The number of nitrogens with two attached hydrogens (primary N) is 1. The fourth-order valence-corrected chi connectivity index (χ4v) is 1.18. The molecule has 1 aliphatic rings. The van der Waals surface area contributed by atoms with Crippen molar-refractivity contribution in [2.45, 2.75) is 12.5 Å². The summed E-state index contributed by atoms with van der Waals surface area (Å²) in [6.07, 6.45) is 6.96. The first-order valence-electron chi connectivity index (χ1n) is 3.80. The maximum Gasteiger partial charge on any atom is 0.0364 e. The minimum Gasteiger partial charge on any atom is -0.329 e. The Morgan fingerprint density at radius 3 is 3.09 bits per heavy atom. The highest BCUT2D eigenvalue weighted by Crippen LogP contribution is 2.12. The van der Waals surface area contributed by atoms with Crippen molar-refractivity contribution in [3.8, 4) is 0 Å². The lowest BCUT2D eigenvalue weighted by Gasteiger charge is -2.14. The molecule has 1 aliphatic carbocycles. The summed E-state index contributed by atoms with van der Waals surface area (Å²) in [5, 5.41) is 4.11. The van der Waals surface area contributed by atoms with Gasteiger partial charge in [-0.2, -0.15) is 0 Å². The minimum atomic E-state index is 0.418. The summed E-state index contributed by atoms with van der Waals surface area (Å²) in [6, 6.07) is 0.418. The van der Waals surface area contributed by atoms with E-state index >= 15 is 0 Å². The van der Waals surface area contributed by atoms with Crippen LogP contribution in [0.5, 0.6) is 0 Å². The van der Waals surface area contributed by atoms with Gasteiger partial charge in [-0.25, -0.2) is 0 Å². The van der Waals surface area contributed by atoms with E-state index in [1.54, 1.807) is 0 Å². The van der Waals surface area contributed by atoms with Crippen LogP contribution in [0.3, 0.4) is 0 Å². The molecule has 0 saturated heterocycles. The van der Waals surface area contributed by atoms with Crippen molar-refractivity contribution in [1.29, 1.82) is 0 Å². The molecule has 1 rings (SSSR count). The predicted octanol–water partition coefficient (Wildman–Crippen LogP) is 0.986. The van der Waals surface area contributed by atoms with Gasteiger partial charge in [0.15, 0.2) is 0 Å². The van der Waals surface area contributed by atoms with Crippen LogP contribution in [0.25, 0.3) is 0 Å². The Morgan fingerprint density at radius 1 is 1.73 bits per heavy atom. The molecule has 62 valence electrons. The average Bonchev–Trinajstić information content (AvgIpc) is 2.04. The van der Waals surface area contributed by atoms with Gasteiger partial charge in [-0.1, -0.05) is 23.8 Å². The zero-order chi connectivity index (χ0) is 8.10. The largest absolute Gasteiger partial charge is 0.329 e. The Balaban J connectivity index is 2.25. The maximum atomic E-state index is 5.74. The van der Waals surface area contributed by atoms with Crippen molar-refractivity contribution < 1.29 is 0 Å². The lowest BCUT2D eigenvalue weighted by molar-refractivity contribution is 0.601. The Morgan fingerprint density at radius 2 is 2.55 bits per heavy atom. The first-order chi connectivity index (χ1) is 5.33. The molecule has 3 N–H and O–H groups in total. The molecule has 0 fully saturated rings. The Bertz CT molecular complexity index is 175. The van der Waals surface area contributed by atoms with Crippen molar-refractivity contribution in [3.05, 3.63) is 23.3 Å². The van der Waals surface area contributed by atoms with Crippen LogP contribution in [0, 0.1) is 0 Å². The third-order valence-corrected chi connectivity index (χ3v) is 1.89. The van der Waals surface area contributed by atoms with Gasteiger partial charge in [0.05, 0.1) is 0 Å². The van der Waals surface area contributed by atoms with Crippen LogP contribution in [0.4, 0.5) is 0 Å². The molecule has 1 atom stereocenters. The monoisotopic (exact) mass is 172 g/mol. The molecular weight excluding hydrogens is 160 g/mol. The summed E-state index contributed by atoms with van der Waals surface area (Å²) in [6.45, 7) is 1.54. The lowest BCUT2D eigenvalue weighted by Crippen LogP contribution is -2.32. The van der Waals surface area contributed by atoms with Crippen LogP contribution in [0.15, 0.2) is 23.3 Å². The molecule has 0 spiro atoms. The van der Waals surface area contributed by atoms with Gasteiger partial charge in [0.1, 0.15) is 0 Å². The highest BCUT2D eigenvalue weighted by atomic mass is 35.5. The van der Waals surface area contributed by atoms with Gasteiger partial charge in [0.25, 0.3) is 0 Å². The second-order valence-corrected chi connectivity index (χ2v) is 2.97. The topological polar surface area (TPSA) is 38.0 Å². The van der Waals surface area contributed by atoms with Crippen molar-refractivity contribution >= 4 is 11.6 Å². The molecule has 11 heavy (non-hydrogen) atoms. The van der Waals surface area contributed by atoms with Gasteiger partial charge in [-0.3, -0.25) is 0 Å². The molecule has 0 aliphatic heterocycles. The quantitative estimate of drug-likeness (QED) is 0.667. The molecular formula is C8H13ClN2. The Hall–Kier alpha value is -0.310. The van der Waals surface area contributed by atoms with E-state index in [4.69, 9.17) is 17.3 Å². The molecule has 0 aromatic rings. The molecule has 0 saturated carbocycles. The van der Waals surface area contributed by atoms with Gasteiger partial charge in [-0.15, -0.1) is 0 Å². The fourth-order valence-electron chi connectivity index (χ4n) is 1.01. The van der Waals surface area contributed by atoms with E-state index in [9.17, 15) is 0 Å². The van der Waals surface area contributed by atoms with Crippen LogP contribution in [-0.4, -0.2) is 19.1 Å². The second-order valence-electron chi connectivity index (χ2n) is 2.53. The SMILES string of the molecule is NCCNC1C=CC(Cl)=CC1. The van der Waals surface area contributed by atoms with E-state index in [1.165, 1.54) is 0 Å². The Labute approximate surface area is 72.1 Å². The predicted molar refractivity (Wildman–Crippen MR) is 48.5 cm³/mol. The number of nitrogens with one attached hydrogen (secondary N) is 1. The van der Waals surface area contributed by atoms with E-state index < -0.39 is 0 Å².